The topological polar surface area (TPSA) is 188 Å². The Morgan fingerprint density at radius 2 is 0.818 bits per heavy atom. The van der Waals surface area contributed by atoms with E-state index in [2.05, 4.69) is 10.6 Å². The van der Waals surface area contributed by atoms with Crippen molar-refractivity contribution in [2.24, 2.45) is 23.7 Å². The highest BCUT2D eigenvalue weighted by Gasteiger charge is 2.49. The van der Waals surface area contributed by atoms with Gasteiger partial charge < -0.3 is 47.4 Å². The number of aliphatic carboxylic acids is 2. The maximum absolute atomic E-state index is 13.1. The molecule has 0 bridgehead atoms. The van der Waals surface area contributed by atoms with Gasteiger partial charge in [0.1, 0.15) is 0 Å². The van der Waals surface area contributed by atoms with Gasteiger partial charge in [0, 0.05) is 64.8 Å². The molecule has 0 aromatic carbocycles. The van der Waals surface area contributed by atoms with E-state index in [1.54, 1.807) is 0 Å². The van der Waals surface area contributed by atoms with Gasteiger partial charge in [-0.3, -0.25) is 19.2 Å². The van der Waals surface area contributed by atoms with Gasteiger partial charge in [-0.15, -0.1) is 0 Å². The van der Waals surface area contributed by atoms with E-state index in [-0.39, 0.29) is 25.9 Å². The summed E-state index contributed by atoms with van der Waals surface area (Å²) in [5.74, 6) is -8.21. The molecule has 0 spiro atoms. The Bertz CT molecular complexity index is 793. The van der Waals surface area contributed by atoms with Gasteiger partial charge in [-0.05, 0) is 67.2 Å². The van der Waals surface area contributed by atoms with Crippen LogP contribution in [-0.4, -0.2) is 104 Å². The predicted octanol–water partition coefficient (Wildman–Crippen LogP) is 2.52. The lowest BCUT2D eigenvalue weighted by molar-refractivity contribution is -0.159. The molecule has 1 fully saturated rings. The van der Waals surface area contributed by atoms with Crippen molar-refractivity contribution in [3.63, 3.8) is 0 Å². The summed E-state index contributed by atoms with van der Waals surface area (Å²) in [6, 6.07) is 0.915. The van der Waals surface area contributed by atoms with Crippen LogP contribution in [0.2, 0.25) is 12.1 Å². The van der Waals surface area contributed by atoms with E-state index < -0.39 is 65.0 Å². The van der Waals surface area contributed by atoms with Crippen LogP contribution in [0.15, 0.2) is 0 Å². The molecule has 0 heterocycles. The molecule has 4 N–H and O–H groups in total. The minimum Gasteiger partial charge on any atom is -0.481 e. The van der Waals surface area contributed by atoms with Crippen molar-refractivity contribution in [3.05, 3.63) is 0 Å². The molecule has 1 aliphatic rings. The van der Waals surface area contributed by atoms with Crippen molar-refractivity contribution in [3.8, 4) is 0 Å². The van der Waals surface area contributed by atoms with E-state index in [0.29, 0.717) is 64.6 Å². The van der Waals surface area contributed by atoms with Crippen LogP contribution in [0.25, 0.3) is 0 Å². The fourth-order valence-electron chi connectivity index (χ4n) is 5.63. The van der Waals surface area contributed by atoms with E-state index in [1.807, 2.05) is 41.5 Å². The standard InChI is InChI=1S/C28H54N2O12Si2/c1-7-37-43(38-8-2,39-9-3)17-13-15-29-25(31)21-19-24(28(35)36)22(20-23(21)27(33)34)26(32)30-16-14-18-44(40-10-4,41-11-5)42-12-6/h21-24H,7-20H2,1-6H3,(H,29,31)(H,30,32)(H,33,34)(H,35,36). The molecule has 1 saturated carbocycles. The Hall–Kier alpha value is -1.93. The molecule has 0 saturated heterocycles. The number of hydrogen-bond donors (Lipinski definition) is 4. The Labute approximate surface area is 263 Å². The molecule has 256 valence electrons. The second-order valence-corrected chi connectivity index (χ2v) is 15.8. The first kappa shape index (κ1) is 40.1. The summed E-state index contributed by atoms with van der Waals surface area (Å²) in [6.07, 6.45) is 0.410. The van der Waals surface area contributed by atoms with Crippen LogP contribution < -0.4 is 10.6 Å². The summed E-state index contributed by atoms with van der Waals surface area (Å²) < 4.78 is 35.0. The Morgan fingerprint density at radius 1 is 0.545 bits per heavy atom. The van der Waals surface area contributed by atoms with Crippen molar-refractivity contribution >= 4 is 41.4 Å². The summed E-state index contributed by atoms with van der Waals surface area (Å²) in [6.45, 7) is 14.0. The molecule has 4 unspecified atom stereocenters. The lowest BCUT2D eigenvalue weighted by Crippen LogP contribution is -2.50. The van der Waals surface area contributed by atoms with Crippen LogP contribution in [0.5, 0.6) is 0 Å². The normalized spacial score (nSPS) is 20.7. The van der Waals surface area contributed by atoms with Crippen LogP contribution in [-0.2, 0) is 45.7 Å². The number of carbonyl (C=O) groups is 4. The molecule has 16 heteroatoms. The molecule has 14 nitrogen and oxygen atoms in total. The largest absolute Gasteiger partial charge is 0.500 e. The molecular weight excluding hydrogens is 612 g/mol. The maximum Gasteiger partial charge on any atom is 0.500 e. The minimum atomic E-state index is -2.91. The van der Waals surface area contributed by atoms with Crippen molar-refractivity contribution < 1.29 is 55.9 Å². The number of carbonyl (C=O) groups excluding carboxylic acids is 2. The van der Waals surface area contributed by atoms with Crippen molar-refractivity contribution in [2.75, 3.05) is 52.7 Å². The monoisotopic (exact) mass is 666 g/mol. The average Bonchev–Trinajstić information content (AvgIpc) is 2.97. The van der Waals surface area contributed by atoms with Crippen molar-refractivity contribution in [1.82, 2.24) is 10.6 Å². The van der Waals surface area contributed by atoms with Crippen LogP contribution in [0.4, 0.5) is 0 Å². The minimum absolute atomic E-state index is 0.210. The quantitative estimate of drug-likeness (QED) is 0.0872. The van der Waals surface area contributed by atoms with E-state index in [4.69, 9.17) is 26.6 Å². The molecule has 0 aromatic rings. The smallest absolute Gasteiger partial charge is 0.481 e. The molecule has 4 atom stereocenters. The molecule has 44 heavy (non-hydrogen) atoms. The number of carboxylic acid groups (broad SMARTS) is 2. The number of rotatable bonds is 24. The van der Waals surface area contributed by atoms with Gasteiger partial charge in [0.15, 0.2) is 0 Å². The van der Waals surface area contributed by atoms with Gasteiger partial charge in [0.2, 0.25) is 11.8 Å². The summed E-state index contributed by atoms with van der Waals surface area (Å²) >= 11 is 0. The summed E-state index contributed by atoms with van der Waals surface area (Å²) in [4.78, 5) is 50.7. The number of hydrogen-bond acceptors (Lipinski definition) is 10. The summed E-state index contributed by atoms with van der Waals surface area (Å²) in [7, 11) is -5.82. The second-order valence-electron chi connectivity index (χ2n) is 10.3. The van der Waals surface area contributed by atoms with Crippen molar-refractivity contribution in [2.45, 2.75) is 79.3 Å². The fourth-order valence-corrected chi connectivity index (χ4v) is 10.9. The zero-order chi connectivity index (χ0) is 33.2. The first-order chi connectivity index (χ1) is 21.0. The van der Waals surface area contributed by atoms with Gasteiger partial charge >= 0.3 is 29.5 Å². The van der Waals surface area contributed by atoms with Gasteiger partial charge in [0.05, 0.1) is 23.7 Å². The highest BCUT2D eigenvalue weighted by molar-refractivity contribution is 6.61. The first-order valence-corrected chi connectivity index (χ1v) is 19.7. The third kappa shape index (κ3) is 12.5. The Kier molecular flexibility index (Phi) is 19.1. The van der Waals surface area contributed by atoms with Crippen LogP contribution >= 0.6 is 0 Å². The van der Waals surface area contributed by atoms with E-state index >= 15 is 0 Å². The first-order valence-electron chi connectivity index (χ1n) is 15.8. The number of nitrogens with one attached hydrogen (secondary N) is 2. The molecule has 0 aromatic heterocycles. The second kappa shape index (κ2) is 21.0. The SMILES string of the molecule is CCO[Si](CCCNC(=O)C1CC(C(=O)O)C(C(=O)NCCC[Si](OCC)(OCC)OCC)CC1C(=O)O)(OCC)OCC. The molecule has 2 amide bonds. The molecule has 1 rings (SSSR count). The zero-order valence-corrected chi connectivity index (χ0v) is 29.2. The van der Waals surface area contributed by atoms with Gasteiger partial charge in [-0.25, -0.2) is 0 Å². The maximum atomic E-state index is 13.1. The Balaban J connectivity index is 2.86. The molecular formula is C28H54N2O12Si2. The number of amides is 2. The van der Waals surface area contributed by atoms with Gasteiger partial charge in [-0.2, -0.15) is 0 Å². The third-order valence-corrected chi connectivity index (χ3v) is 13.7. The average molecular weight is 667 g/mol. The highest BCUT2D eigenvalue weighted by atomic mass is 28.4. The van der Waals surface area contributed by atoms with Crippen LogP contribution in [0.3, 0.4) is 0 Å². The Morgan fingerprint density at radius 3 is 1.05 bits per heavy atom. The summed E-state index contributed by atoms with van der Waals surface area (Å²) in [5.41, 5.74) is 0. The zero-order valence-electron chi connectivity index (χ0n) is 27.2. The van der Waals surface area contributed by atoms with Gasteiger partial charge in [0.25, 0.3) is 0 Å². The highest BCUT2D eigenvalue weighted by Crippen LogP contribution is 2.39. The van der Waals surface area contributed by atoms with E-state index in [0.717, 1.165) is 0 Å². The van der Waals surface area contributed by atoms with E-state index in [9.17, 15) is 29.4 Å². The molecule has 1 aliphatic carbocycles. The fraction of sp³-hybridized carbons (Fsp3) is 0.857. The molecule has 0 aliphatic heterocycles. The lowest BCUT2D eigenvalue weighted by atomic mass is 9.67. The molecule has 0 radical (unpaired) electrons. The third-order valence-electron chi connectivity index (χ3n) is 7.40. The summed E-state index contributed by atoms with van der Waals surface area (Å²) in [5, 5.41) is 25.4. The van der Waals surface area contributed by atoms with Crippen LogP contribution in [0, 0.1) is 23.7 Å². The van der Waals surface area contributed by atoms with Crippen molar-refractivity contribution in [1.29, 1.82) is 0 Å². The number of carboxylic acids is 2. The van der Waals surface area contributed by atoms with Gasteiger partial charge in [-0.1, -0.05) is 0 Å². The van der Waals surface area contributed by atoms with E-state index in [1.165, 1.54) is 0 Å². The lowest BCUT2D eigenvalue weighted by Gasteiger charge is -2.36. The van der Waals surface area contributed by atoms with Crippen LogP contribution in [0.1, 0.15) is 67.2 Å². The predicted molar refractivity (Wildman–Crippen MR) is 165 cm³/mol.